The van der Waals surface area contributed by atoms with Crippen LogP contribution in [0.1, 0.15) is 53.6 Å². The number of nitrogens with zero attached hydrogens (tertiary/aromatic N) is 2. The summed E-state index contributed by atoms with van der Waals surface area (Å²) >= 11 is 0. The van der Waals surface area contributed by atoms with Crippen molar-refractivity contribution in [3.63, 3.8) is 0 Å². The molecular formula is C36H38F3N3O2. The Labute approximate surface area is 256 Å². The summed E-state index contributed by atoms with van der Waals surface area (Å²) < 4.78 is 44.4. The number of ether oxygens (including phenoxy) is 1. The van der Waals surface area contributed by atoms with Gasteiger partial charge in [0.05, 0.1) is 6.61 Å². The van der Waals surface area contributed by atoms with Crippen LogP contribution < -0.4 is 15.0 Å². The summed E-state index contributed by atoms with van der Waals surface area (Å²) in [5.74, 6) is 0.239. The van der Waals surface area contributed by atoms with Crippen LogP contribution >= 0.6 is 0 Å². The number of rotatable bonds is 10. The largest absolute Gasteiger partial charge is 0.493 e. The number of unbranched alkanes of at least 4 members (excludes halogenated alkanes) is 1. The van der Waals surface area contributed by atoms with E-state index in [1.807, 2.05) is 43.3 Å². The van der Waals surface area contributed by atoms with Crippen molar-refractivity contribution >= 4 is 22.4 Å². The van der Waals surface area contributed by atoms with Gasteiger partial charge < -0.3 is 15.0 Å². The maximum Gasteiger partial charge on any atom is 0.405 e. The van der Waals surface area contributed by atoms with Crippen molar-refractivity contribution in [3.05, 3.63) is 95.6 Å². The highest BCUT2D eigenvalue weighted by Gasteiger charge is 2.33. The molecule has 1 aliphatic heterocycles. The highest BCUT2D eigenvalue weighted by Crippen LogP contribution is 2.48. The average Bonchev–Trinajstić information content (AvgIpc) is 3.36. The molecular weight excluding hydrogens is 563 g/mol. The molecule has 2 aliphatic rings. The molecule has 0 radical (unpaired) electrons. The number of hydrogen-bond acceptors (Lipinski definition) is 4. The van der Waals surface area contributed by atoms with Crippen molar-refractivity contribution in [2.24, 2.45) is 0 Å². The lowest BCUT2D eigenvalue weighted by Gasteiger charge is -2.36. The Bertz CT molecular complexity index is 1630. The lowest BCUT2D eigenvalue weighted by atomic mass is 9.88. The lowest BCUT2D eigenvalue weighted by Crippen LogP contribution is -2.46. The molecule has 1 aliphatic carbocycles. The standard InChI is InChI=1S/C36H38F3N3O2/c1-2-44-33-15-7-9-25-16-17-26(23-32(25)33)42-21-19-41(20-22-42)18-6-5-12-29-27-10-3-4-11-28(27)30-13-8-14-31(34(29)30)35(43)40-24-36(37,38)39/h3-4,7-11,13-17,23,29H,2,5-6,12,18-22,24H2,1H3,(H,40,43). The number of alkyl halides is 3. The molecule has 6 rings (SSSR count). The number of nitrogens with one attached hydrogen (secondary N) is 1. The van der Waals surface area contributed by atoms with E-state index in [4.69, 9.17) is 4.74 Å². The molecule has 5 nitrogen and oxygen atoms in total. The van der Waals surface area contributed by atoms with Gasteiger partial charge in [0.15, 0.2) is 0 Å². The monoisotopic (exact) mass is 601 g/mol. The minimum atomic E-state index is -4.45. The summed E-state index contributed by atoms with van der Waals surface area (Å²) in [5, 5.41) is 4.40. The second kappa shape index (κ2) is 12.9. The zero-order valence-electron chi connectivity index (χ0n) is 25.0. The predicted molar refractivity (Wildman–Crippen MR) is 170 cm³/mol. The fraction of sp³-hybridized carbons (Fsp3) is 0.361. The van der Waals surface area contributed by atoms with E-state index in [1.54, 1.807) is 12.1 Å². The fourth-order valence-corrected chi connectivity index (χ4v) is 6.77. The van der Waals surface area contributed by atoms with Crippen molar-refractivity contribution in [3.8, 4) is 16.9 Å². The smallest absolute Gasteiger partial charge is 0.405 e. The summed E-state index contributed by atoms with van der Waals surface area (Å²) in [6.45, 7) is 6.20. The van der Waals surface area contributed by atoms with E-state index < -0.39 is 18.6 Å². The number of fused-ring (bicyclic) bond motifs is 4. The quantitative estimate of drug-likeness (QED) is 0.190. The fourth-order valence-electron chi connectivity index (χ4n) is 6.77. The van der Waals surface area contributed by atoms with Crippen LogP contribution in [0.5, 0.6) is 5.75 Å². The third-order valence-electron chi connectivity index (χ3n) is 8.86. The predicted octanol–water partition coefficient (Wildman–Crippen LogP) is 7.64. The summed E-state index contributed by atoms with van der Waals surface area (Å²) in [6, 6.07) is 26.3. The topological polar surface area (TPSA) is 44.8 Å². The molecule has 0 aromatic heterocycles. The van der Waals surface area contributed by atoms with Gasteiger partial charge in [-0.2, -0.15) is 13.2 Å². The first-order valence-corrected chi connectivity index (χ1v) is 15.5. The highest BCUT2D eigenvalue weighted by atomic mass is 19.4. The second-order valence-electron chi connectivity index (χ2n) is 11.6. The number of piperazine rings is 1. The maximum absolute atomic E-state index is 12.9. The molecule has 4 aromatic carbocycles. The van der Waals surface area contributed by atoms with Crippen LogP contribution in [0.25, 0.3) is 21.9 Å². The van der Waals surface area contributed by atoms with Gasteiger partial charge in [0, 0.05) is 48.7 Å². The molecule has 44 heavy (non-hydrogen) atoms. The Morgan fingerprint density at radius 1 is 0.909 bits per heavy atom. The van der Waals surface area contributed by atoms with E-state index in [2.05, 4.69) is 45.4 Å². The zero-order valence-corrected chi connectivity index (χ0v) is 25.0. The molecule has 1 unspecified atom stereocenters. The molecule has 1 fully saturated rings. The molecule has 1 saturated heterocycles. The van der Waals surface area contributed by atoms with Crippen LogP contribution in [0.3, 0.4) is 0 Å². The van der Waals surface area contributed by atoms with Crippen molar-refractivity contribution in [1.82, 2.24) is 10.2 Å². The number of benzene rings is 4. The van der Waals surface area contributed by atoms with Crippen LogP contribution in [0.15, 0.2) is 78.9 Å². The Morgan fingerprint density at radius 2 is 1.68 bits per heavy atom. The Hall–Kier alpha value is -4.04. The number of amides is 1. The number of halogens is 3. The molecule has 1 N–H and O–H groups in total. The number of carbonyl (C=O) groups is 1. The van der Waals surface area contributed by atoms with Crippen molar-refractivity contribution in [2.45, 2.75) is 38.3 Å². The molecule has 1 amide bonds. The van der Waals surface area contributed by atoms with E-state index in [1.165, 1.54) is 11.1 Å². The molecule has 8 heteroatoms. The molecule has 0 spiro atoms. The van der Waals surface area contributed by atoms with E-state index in [9.17, 15) is 18.0 Å². The van der Waals surface area contributed by atoms with Gasteiger partial charge in [-0.05, 0) is 78.2 Å². The Kier molecular flexibility index (Phi) is 8.80. The normalized spacial score (nSPS) is 16.5. The van der Waals surface area contributed by atoms with Gasteiger partial charge in [-0.3, -0.25) is 9.69 Å². The van der Waals surface area contributed by atoms with Crippen molar-refractivity contribution in [1.29, 1.82) is 0 Å². The maximum atomic E-state index is 12.9. The first-order valence-electron chi connectivity index (χ1n) is 15.5. The summed E-state index contributed by atoms with van der Waals surface area (Å²) in [6.07, 6.45) is -1.64. The lowest BCUT2D eigenvalue weighted by molar-refractivity contribution is -0.123. The average molecular weight is 602 g/mol. The Morgan fingerprint density at radius 3 is 2.48 bits per heavy atom. The van der Waals surface area contributed by atoms with Gasteiger partial charge in [-0.25, -0.2) is 0 Å². The van der Waals surface area contributed by atoms with Crippen LogP contribution in [0, 0.1) is 0 Å². The highest BCUT2D eigenvalue weighted by molar-refractivity contribution is 5.99. The molecule has 0 bridgehead atoms. The first-order chi connectivity index (χ1) is 21.3. The molecule has 230 valence electrons. The van der Waals surface area contributed by atoms with E-state index in [0.717, 1.165) is 85.4 Å². The van der Waals surface area contributed by atoms with Crippen molar-refractivity contribution in [2.75, 3.05) is 50.8 Å². The summed E-state index contributed by atoms with van der Waals surface area (Å²) in [5.41, 5.74) is 5.57. The van der Waals surface area contributed by atoms with Crippen LogP contribution in [-0.2, 0) is 0 Å². The van der Waals surface area contributed by atoms with Gasteiger partial charge in [-0.15, -0.1) is 0 Å². The van der Waals surface area contributed by atoms with Crippen LogP contribution in [-0.4, -0.2) is 62.9 Å². The van der Waals surface area contributed by atoms with Crippen LogP contribution in [0.4, 0.5) is 18.9 Å². The van der Waals surface area contributed by atoms with E-state index >= 15 is 0 Å². The number of anilines is 1. The van der Waals surface area contributed by atoms with Crippen molar-refractivity contribution < 1.29 is 22.7 Å². The van der Waals surface area contributed by atoms with Gasteiger partial charge in [0.25, 0.3) is 5.91 Å². The van der Waals surface area contributed by atoms with E-state index in [-0.39, 0.29) is 5.92 Å². The Balaban J connectivity index is 1.06. The SMILES string of the molecule is CCOc1cccc2ccc(N3CCN(CCCCC4c5ccccc5-c5cccc(C(=O)NCC(F)(F)F)c54)CC3)cc12. The summed E-state index contributed by atoms with van der Waals surface area (Å²) in [7, 11) is 0. The number of carbonyl (C=O) groups excluding carboxylic acids is 1. The third kappa shape index (κ3) is 6.41. The molecule has 0 saturated carbocycles. The van der Waals surface area contributed by atoms with Gasteiger partial charge in [-0.1, -0.05) is 61.0 Å². The number of hydrogen-bond donors (Lipinski definition) is 1. The van der Waals surface area contributed by atoms with E-state index in [0.29, 0.717) is 12.2 Å². The minimum absolute atomic E-state index is 0.0135. The summed E-state index contributed by atoms with van der Waals surface area (Å²) in [4.78, 5) is 17.8. The molecule has 1 atom stereocenters. The molecule has 4 aromatic rings. The second-order valence-corrected chi connectivity index (χ2v) is 11.6. The minimum Gasteiger partial charge on any atom is -0.493 e. The van der Waals surface area contributed by atoms with Gasteiger partial charge in [0.2, 0.25) is 0 Å². The van der Waals surface area contributed by atoms with Crippen LogP contribution in [0.2, 0.25) is 0 Å². The molecule has 1 heterocycles. The van der Waals surface area contributed by atoms with Gasteiger partial charge in [0.1, 0.15) is 12.3 Å². The first kappa shape index (κ1) is 30.0. The third-order valence-corrected chi connectivity index (χ3v) is 8.86. The van der Waals surface area contributed by atoms with Gasteiger partial charge >= 0.3 is 6.18 Å². The zero-order chi connectivity index (χ0) is 30.7.